The van der Waals surface area contributed by atoms with Gasteiger partial charge in [0.1, 0.15) is 17.6 Å². The van der Waals surface area contributed by atoms with Crippen molar-refractivity contribution in [1.82, 2.24) is 10.2 Å². The molecule has 236 valence electrons. The number of hydrogen-bond acceptors (Lipinski definition) is 6. The Morgan fingerprint density at radius 2 is 1.70 bits per heavy atom. The molecular weight excluding hydrogens is 563 g/mol. The molecule has 0 unspecified atom stereocenters. The fourth-order valence-electron chi connectivity index (χ4n) is 4.96. The lowest BCUT2D eigenvalue weighted by Gasteiger charge is -2.32. The molecule has 0 atom stereocenters. The number of halogens is 1. The first kappa shape index (κ1) is 32.6. The Labute approximate surface area is 259 Å². The molecule has 0 aromatic heterocycles. The zero-order valence-electron chi connectivity index (χ0n) is 26.2. The Bertz CT molecular complexity index is 1420. The highest BCUT2D eigenvalue weighted by Gasteiger charge is 2.21. The zero-order valence-corrected chi connectivity index (χ0v) is 26.2. The number of anilines is 2. The van der Waals surface area contributed by atoms with Crippen LogP contribution in [0, 0.1) is 12.7 Å². The van der Waals surface area contributed by atoms with Crippen LogP contribution in [0.4, 0.5) is 20.6 Å². The predicted octanol–water partition coefficient (Wildman–Crippen LogP) is 7.36. The fraction of sp³-hybridized carbons (Fsp3) is 0.412. The van der Waals surface area contributed by atoms with E-state index < -0.39 is 11.8 Å². The summed E-state index contributed by atoms with van der Waals surface area (Å²) in [5.74, 6) is 0.673. The van der Waals surface area contributed by atoms with E-state index in [-0.39, 0.29) is 35.2 Å². The van der Waals surface area contributed by atoms with E-state index in [0.717, 1.165) is 49.9 Å². The molecule has 3 aromatic rings. The van der Waals surface area contributed by atoms with Gasteiger partial charge < -0.3 is 35.1 Å². The van der Waals surface area contributed by atoms with Gasteiger partial charge in [0, 0.05) is 42.5 Å². The molecule has 3 aromatic carbocycles. The minimum absolute atomic E-state index is 0.0385. The fourth-order valence-corrected chi connectivity index (χ4v) is 4.96. The monoisotopic (exact) mass is 606 g/mol. The van der Waals surface area contributed by atoms with Crippen molar-refractivity contribution in [3.63, 3.8) is 0 Å². The van der Waals surface area contributed by atoms with E-state index in [1.54, 1.807) is 44.2 Å². The highest BCUT2D eigenvalue weighted by atomic mass is 19.1. The third kappa shape index (κ3) is 9.09. The summed E-state index contributed by atoms with van der Waals surface area (Å²) in [6.07, 6.45) is 4.65. The molecule has 1 fully saturated rings. The van der Waals surface area contributed by atoms with Gasteiger partial charge in [0.2, 0.25) is 0 Å². The molecule has 0 radical (unpaired) electrons. The molecule has 44 heavy (non-hydrogen) atoms. The van der Waals surface area contributed by atoms with Gasteiger partial charge in [-0.1, -0.05) is 13.3 Å². The van der Waals surface area contributed by atoms with E-state index in [1.165, 1.54) is 26.0 Å². The second-order valence-corrected chi connectivity index (χ2v) is 11.3. The van der Waals surface area contributed by atoms with Crippen molar-refractivity contribution >= 4 is 23.3 Å². The number of aryl methyl sites for hydroxylation is 1. The highest BCUT2D eigenvalue weighted by molar-refractivity contribution is 6.04. The number of urea groups is 1. The van der Waals surface area contributed by atoms with Crippen LogP contribution in [-0.2, 0) is 0 Å². The van der Waals surface area contributed by atoms with Crippen molar-refractivity contribution in [3.05, 3.63) is 71.5 Å². The van der Waals surface area contributed by atoms with Gasteiger partial charge in [0.25, 0.3) is 5.91 Å². The zero-order chi connectivity index (χ0) is 31.6. The van der Waals surface area contributed by atoms with Gasteiger partial charge in [-0.15, -0.1) is 0 Å². The van der Waals surface area contributed by atoms with Crippen molar-refractivity contribution in [1.29, 1.82) is 0 Å². The second kappa shape index (κ2) is 15.4. The van der Waals surface area contributed by atoms with Crippen molar-refractivity contribution in [2.45, 2.75) is 65.5 Å². The van der Waals surface area contributed by atoms with Crippen LogP contribution in [0.5, 0.6) is 23.0 Å². The number of methoxy groups -OCH3 is 1. The minimum atomic E-state index is -0.678. The SMILES string of the molecule is CCCCN1CCC(Oc2ccc(C(=O)Nc3ccc(Oc4cc(F)c(NC(=O)NC(C)C)cc4OC)cc3)cc2C)CC1. The number of rotatable bonds is 12. The second-order valence-electron chi connectivity index (χ2n) is 11.3. The Morgan fingerprint density at radius 1 is 0.977 bits per heavy atom. The average molecular weight is 607 g/mol. The lowest BCUT2D eigenvalue weighted by atomic mass is 10.1. The van der Waals surface area contributed by atoms with Gasteiger partial charge in [-0.2, -0.15) is 0 Å². The summed E-state index contributed by atoms with van der Waals surface area (Å²) in [4.78, 5) is 27.5. The topological polar surface area (TPSA) is 101 Å². The van der Waals surface area contributed by atoms with Crippen molar-refractivity contribution in [2.75, 3.05) is 37.4 Å². The molecule has 3 amide bonds. The van der Waals surface area contributed by atoms with Crippen molar-refractivity contribution < 1.29 is 28.2 Å². The Kier molecular flexibility index (Phi) is 11.4. The first-order chi connectivity index (χ1) is 21.1. The summed E-state index contributed by atoms with van der Waals surface area (Å²) in [5, 5.41) is 8.01. The number of piperidine rings is 1. The number of nitrogens with one attached hydrogen (secondary N) is 3. The molecule has 0 saturated carbocycles. The van der Waals surface area contributed by atoms with Gasteiger partial charge in [-0.05, 0) is 94.6 Å². The Balaban J connectivity index is 1.33. The number of carbonyl (C=O) groups is 2. The number of amides is 3. The van der Waals surface area contributed by atoms with Gasteiger partial charge in [0.05, 0.1) is 12.8 Å². The molecule has 1 aliphatic heterocycles. The minimum Gasteiger partial charge on any atom is -0.493 e. The lowest BCUT2D eigenvalue weighted by molar-refractivity contribution is 0.0991. The maximum atomic E-state index is 14.7. The summed E-state index contributed by atoms with van der Waals surface area (Å²) in [7, 11) is 1.43. The van der Waals surface area contributed by atoms with E-state index in [2.05, 4.69) is 27.8 Å². The number of nitrogens with zero attached hydrogens (tertiary/aromatic N) is 1. The quantitative estimate of drug-likeness (QED) is 0.199. The highest BCUT2D eigenvalue weighted by Crippen LogP contribution is 2.36. The molecule has 0 bridgehead atoms. The molecular formula is C34H43FN4O5. The van der Waals surface area contributed by atoms with Crippen LogP contribution in [0.2, 0.25) is 0 Å². The van der Waals surface area contributed by atoms with Crippen LogP contribution in [-0.4, -0.2) is 55.7 Å². The summed E-state index contributed by atoms with van der Waals surface area (Å²) < 4.78 is 32.2. The third-order valence-electron chi connectivity index (χ3n) is 7.35. The van der Waals surface area contributed by atoms with Crippen LogP contribution in [0.3, 0.4) is 0 Å². The van der Waals surface area contributed by atoms with E-state index in [9.17, 15) is 14.0 Å². The molecule has 0 spiro atoms. The number of likely N-dealkylation sites (tertiary alicyclic amines) is 1. The van der Waals surface area contributed by atoms with E-state index in [0.29, 0.717) is 17.0 Å². The average Bonchev–Trinajstić information content (AvgIpc) is 2.99. The number of ether oxygens (including phenoxy) is 3. The lowest BCUT2D eigenvalue weighted by Crippen LogP contribution is -2.38. The van der Waals surface area contributed by atoms with Crippen molar-refractivity contribution in [3.8, 4) is 23.0 Å². The maximum absolute atomic E-state index is 14.7. The molecule has 3 N–H and O–H groups in total. The van der Waals surface area contributed by atoms with E-state index in [4.69, 9.17) is 14.2 Å². The number of carbonyl (C=O) groups excluding carboxylic acids is 2. The molecule has 1 heterocycles. The van der Waals surface area contributed by atoms with Crippen LogP contribution in [0.25, 0.3) is 0 Å². The van der Waals surface area contributed by atoms with Gasteiger partial charge in [-0.25, -0.2) is 9.18 Å². The standard InChI is InChI=1S/C34H43FN4O5/c1-6-7-16-39-17-14-27(15-18-39)43-30-13-8-24(19-23(30)4)33(40)37-25-9-11-26(12-10-25)44-32-20-28(35)29(21-31(32)42-5)38-34(41)36-22(2)3/h8-13,19-22,27H,6-7,14-18H2,1-5H3,(H,37,40)(H2,36,38,41). The van der Waals surface area contributed by atoms with Crippen LogP contribution < -0.4 is 30.2 Å². The number of unbranched alkanes of at least 4 members (excludes halogenated alkanes) is 1. The molecule has 1 aliphatic rings. The molecule has 0 aliphatic carbocycles. The summed E-state index contributed by atoms with van der Waals surface area (Å²) >= 11 is 0. The molecule has 1 saturated heterocycles. The summed E-state index contributed by atoms with van der Waals surface area (Å²) in [5.41, 5.74) is 1.98. The molecule has 10 heteroatoms. The number of benzene rings is 3. The first-order valence-electron chi connectivity index (χ1n) is 15.2. The van der Waals surface area contributed by atoms with E-state index >= 15 is 0 Å². The molecule has 4 rings (SSSR count). The van der Waals surface area contributed by atoms with Crippen LogP contribution >= 0.6 is 0 Å². The Morgan fingerprint density at radius 3 is 2.34 bits per heavy atom. The van der Waals surface area contributed by atoms with Gasteiger partial charge in [-0.3, -0.25) is 4.79 Å². The first-order valence-corrected chi connectivity index (χ1v) is 15.2. The van der Waals surface area contributed by atoms with E-state index in [1.807, 2.05) is 19.1 Å². The van der Waals surface area contributed by atoms with Crippen LogP contribution in [0.1, 0.15) is 62.4 Å². The smallest absolute Gasteiger partial charge is 0.319 e. The van der Waals surface area contributed by atoms with Gasteiger partial charge >= 0.3 is 6.03 Å². The third-order valence-corrected chi connectivity index (χ3v) is 7.35. The predicted molar refractivity (Wildman–Crippen MR) is 171 cm³/mol. The molecule has 9 nitrogen and oxygen atoms in total. The maximum Gasteiger partial charge on any atom is 0.319 e. The number of hydrogen-bond donors (Lipinski definition) is 3. The normalized spacial score (nSPS) is 13.8. The largest absolute Gasteiger partial charge is 0.493 e. The Hall–Kier alpha value is -4.31. The summed E-state index contributed by atoms with van der Waals surface area (Å²) in [6.45, 7) is 11.0. The van der Waals surface area contributed by atoms with Gasteiger partial charge in [0.15, 0.2) is 17.3 Å². The summed E-state index contributed by atoms with van der Waals surface area (Å²) in [6, 6.07) is 14.1. The van der Waals surface area contributed by atoms with Crippen molar-refractivity contribution in [2.24, 2.45) is 0 Å². The van der Waals surface area contributed by atoms with Crippen LogP contribution in [0.15, 0.2) is 54.6 Å².